The van der Waals surface area contributed by atoms with E-state index in [9.17, 15) is 14.4 Å². The Labute approximate surface area is 163 Å². The number of amides is 2. The number of hydrogen-bond acceptors (Lipinski definition) is 6. The molecule has 0 unspecified atom stereocenters. The van der Waals surface area contributed by atoms with Crippen LogP contribution in [0.5, 0.6) is 0 Å². The third kappa shape index (κ3) is 6.08. The van der Waals surface area contributed by atoms with Crippen molar-refractivity contribution in [3.63, 3.8) is 0 Å². The molecular formula is C16H18ClN3O4S2. The number of carboxylic acids is 1. The Kier molecular flexibility index (Phi) is 7.13. The van der Waals surface area contributed by atoms with Gasteiger partial charge in [0, 0.05) is 16.2 Å². The molecule has 2 aromatic heterocycles. The molecular weight excluding hydrogens is 398 g/mol. The van der Waals surface area contributed by atoms with Gasteiger partial charge in [0.05, 0.1) is 28.9 Å². The van der Waals surface area contributed by atoms with Crippen LogP contribution < -0.4 is 10.6 Å². The van der Waals surface area contributed by atoms with Crippen molar-refractivity contribution in [2.75, 3.05) is 5.32 Å². The van der Waals surface area contributed by atoms with Gasteiger partial charge in [0.25, 0.3) is 0 Å². The average molecular weight is 416 g/mol. The molecule has 10 heteroatoms. The lowest BCUT2D eigenvalue weighted by atomic mass is 10.1. The zero-order valence-corrected chi connectivity index (χ0v) is 16.5. The van der Waals surface area contributed by atoms with Crippen molar-refractivity contribution in [3.8, 4) is 0 Å². The van der Waals surface area contributed by atoms with Gasteiger partial charge in [-0.25, -0.2) is 4.98 Å². The summed E-state index contributed by atoms with van der Waals surface area (Å²) in [5, 5.41) is 16.6. The summed E-state index contributed by atoms with van der Waals surface area (Å²) in [5.74, 6) is -1.69. The molecule has 0 fully saturated rings. The minimum atomic E-state index is -1.02. The number of thiophene rings is 1. The molecule has 2 rings (SSSR count). The van der Waals surface area contributed by atoms with Gasteiger partial charge in [-0.3, -0.25) is 14.4 Å². The molecule has 0 aliphatic carbocycles. The van der Waals surface area contributed by atoms with E-state index in [0.29, 0.717) is 20.0 Å². The summed E-state index contributed by atoms with van der Waals surface area (Å²) in [6, 6.07) is 2.70. The highest BCUT2D eigenvalue weighted by Gasteiger charge is 2.20. The van der Waals surface area contributed by atoms with Crippen LogP contribution in [-0.4, -0.2) is 27.9 Å². The number of nitrogens with one attached hydrogen (secondary N) is 2. The predicted molar refractivity (Wildman–Crippen MR) is 102 cm³/mol. The Morgan fingerprint density at radius 1 is 1.31 bits per heavy atom. The van der Waals surface area contributed by atoms with Crippen molar-refractivity contribution in [1.29, 1.82) is 0 Å². The lowest BCUT2D eigenvalue weighted by molar-refractivity contribution is -0.137. The Morgan fingerprint density at radius 2 is 2.04 bits per heavy atom. The largest absolute Gasteiger partial charge is 0.481 e. The second-order valence-corrected chi connectivity index (χ2v) is 8.43. The summed E-state index contributed by atoms with van der Waals surface area (Å²) in [6.45, 7) is 3.55. The maximum absolute atomic E-state index is 12.3. The minimum absolute atomic E-state index is 0.0106. The van der Waals surface area contributed by atoms with Crippen molar-refractivity contribution in [1.82, 2.24) is 10.3 Å². The minimum Gasteiger partial charge on any atom is -0.481 e. The first-order chi connectivity index (χ1) is 12.2. The highest BCUT2D eigenvalue weighted by molar-refractivity contribution is 7.16. The Hall–Kier alpha value is -1.97. The van der Waals surface area contributed by atoms with Gasteiger partial charge >= 0.3 is 5.97 Å². The Balaban J connectivity index is 1.98. The van der Waals surface area contributed by atoms with Crippen molar-refractivity contribution >= 4 is 57.2 Å². The summed E-state index contributed by atoms with van der Waals surface area (Å²) in [6.07, 6.45) is -0.251. The first kappa shape index (κ1) is 20.3. The molecule has 0 bridgehead atoms. The number of anilines is 1. The number of carboxylic acid groups (broad SMARTS) is 1. The second-order valence-electron chi connectivity index (χ2n) is 5.82. The number of carbonyl (C=O) groups is 3. The van der Waals surface area contributed by atoms with Gasteiger partial charge in [-0.15, -0.1) is 22.7 Å². The molecule has 0 spiro atoms. The van der Waals surface area contributed by atoms with E-state index >= 15 is 0 Å². The molecule has 26 heavy (non-hydrogen) atoms. The van der Waals surface area contributed by atoms with E-state index < -0.39 is 12.0 Å². The van der Waals surface area contributed by atoms with Gasteiger partial charge in [-0.2, -0.15) is 0 Å². The van der Waals surface area contributed by atoms with E-state index in [2.05, 4.69) is 15.6 Å². The normalized spacial score (nSPS) is 12.0. The zero-order valence-electron chi connectivity index (χ0n) is 14.1. The number of aromatic nitrogens is 1. The number of rotatable bonds is 8. The van der Waals surface area contributed by atoms with E-state index in [1.807, 2.05) is 0 Å². The SMILES string of the molecule is CC(C)C(=O)Nc1nc(CC(=O)N[C@@H](CC(=O)O)c2ccc(Cl)s2)cs1. The number of hydrogen-bond donors (Lipinski definition) is 3. The van der Waals surface area contributed by atoms with E-state index in [1.54, 1.807) is 31.4 Å². The second kappa shape index (κ2) is 9.11. The van der Waals surface area contributed by atoms with Crippen LogP contribution in [0.2, 0.25) is 4.34 Å². The summed E-state index contributed by atoms with van der Waals surface area (Å²) >= 11 is 8.35. The van der Waals surface area contributed by atoms with Gasteiger partial charge in [0.1, 0.15) is 0 Å². The lowest BCUT2D eigenvalue weighted by Gasteiger charge is -2.15. The van der Waals surface area contributed by atoms with E-state index in [0.717, 1.165) is 0 Å². The molecule has 7 nitrogen and oxygen atoms in total. The summed E-state index contributed by atoms with van der Waals surface area (Å²) < 4.78 is 0.523. The Morgan fingerprint density at radius 3 is 2.62 bits per heavy atom. The zero-order chi connectivity index (χ0) is 19.3. The van der Waals surface area contributed by atoms with Crippen LogP contribution in [0.3, 0.4) is 0 Å². The highest BCUT2D eigenvalue weighted by atomic mass is 35.5. The van der Waals surface area contributed by atoms with E-state index in [1.165, 1.54) is 22.7 Å². The standard InChI is InChI=1S/C16H18ClN3O4S2/c1-8(2)15(24)20-16-18-9(7-25-16)5-13(21)19-10(6-14(22)23)11-3-4-12(17)26-11/h3-4,7-8,10H,5-6H2,1-2H3,(H,19,21)(H,22,23)(H,18,20,24)/t10-/m0/s1. The predicted octanol–water partition coefficient (Wildman–Crippen LogP) is 3.33. The summed E-state index contributed by atoms with van der Waals surface area (Å²) in [4.78, 5) is 39.9. The van der Waals surface area contributed by atoms with Gasteiger partial charge in [0.2, 0.25) is 11.8 Å². The smallest absolute Gasteiger partial charge is 0.305 e. The quantitative estimate of drug-likeness (QED) is 0.612. The third-order valence-electron chi connectivity index (χ3n) is 3.30. The van der Waals surface area contributed by atoms with Gasteiger partial charge in [0.15, 0.2) is 5.13 Å². The number of carbonyl (C=O) groups excluding carboxylic acids is 2. The van der Waals surface area contributed by atoms with Crippen LogP contribution in [0.25, 0.3) is 0 Å². The highest BCUT2D eigenvalue weighted by Crippen LogP contribution is 2.29. The van der Waals surface area contributed by atoms with E-state index in [-0.39, 0.29) is 30.6 Å². The van der Waals surface area contributed by atoms with Crippen LogP contribution in [0.1, 0.15) is 36.9 Å². The number of aliphatic carboxylic acids is 1. The number of thiazole rings is 1. The summed E-state index contributed by atoms with van der Waals surface area (Å²) in [5.41, 5.74) is 0.504. The van der Waals surface area contributed by atoms with Crippen LogP contribution in [0.4, 0.5) is 5.13 Å². The number of halogens is 1. The fourth-order valence-corrected chi connectivity index (χ4v) is 3.84. The molecule has 0 saturated carbocycles. The molecule has 2 amide bonds. The monoisotopic (exact) mass is 415 g/mol. The van der Waals surface area contributed by atoms with Gasteiger partial charge < -0.3 is 15.7 Å². The Bertz CT molecular complexity index is 803. The molecule has 140 valence electrons. The van der Waals surface area contributed by atoms with Crippen LogP contribution in [0.15, 0.2) is 17.5 Å². The molecule has 0 aliphatic heterocycles. The molecule has 0 saturated heterocycles. The molecule has 0 radical (unpaired) electrons. The first-order valence-electron chi connectivity index (χ1n) is 7.76. The fraction of sp³-hybridized carbons (Fsp3) is 0.375. The third-order valence-corrected chi connectivity index (χ3v) is 5.45. The van der Waals surface area contributed by atoms with Gasteiger partial charge in [-0.05, 0) is 12.1 Å². The first-order valence-corrected chi connectivity index (χ1v) is 9.83. The lowest BCUT2D eigenvalue weighted by Crippen LogP contribution is -2.31. The van der Waals surface area contributed by atoms with Crippen LogP contribution >= 0.6 is 34.3 Å². The molecule has 0 aliphatic rings. The molecule has 1 atom stereocenters. The van der Waals surface area contributed by atoms with Gasteiger partial charge in [-0.1, -0.05) is 25.4 Å². The molecule has 2 heterocycles. The maximum atomic E-state index is 12.3. The average Bonchev–Trinajstić information content (AvgIpc) is 3.15. The number of nitrogens with zero attached hydrogens (tertiary/aromatic N) is 1. The van der Waals surface area contributed by atoms with Crippen molar-refractivity contribution in [2.24, 2.45) is 5.92 Å². The summed E-state index contributed by atoms with van der Waals surface area (Å²) in [7, 11) is 0. The molecule has 2 aromatic rings. The molecule has 0 aromatic carbocycles. The van der Waals surface area contributed by atoms with Crippen molar-refractivity contribution < 1.29 is 19.5 Å². The van der Waals surface area contributed by atoms with Crippen molar-refractivity contribution in [2.45, 2.75) is 32.7 Å². The van der Waals surface area contributed by atoms with Crippen molar-refractivity contribution in [3.05, 3.63) is 32.4 Å². The maximum Gasteiger partial charge on any atom is 0.305 e. The van der Waals surface area contributed by atoms with Crippen LogP contribution in [-0.2, 0) is 20.8 Å². The fourth-order valence-electron chi connectivity index (χ4n) is 2.02. The van der Waals surface area contributed by atoms with E-state index in [4.69, 9.17) is 16.7 Å². The molecule has 3 N–H and O–H groups in total. The van der Waals surface area contributed by atoms with Crippen LogP contribution in [0, 0.1) is 5.92 Å². The topological polar surface area (TPSA) is 108 Å².